The van der Waals surface area contributed by atoms with E-state index in [2.05, 4.69) is 0 Å². The Morgan fingerprint density at radius 1 is 0.390 bits per heavy atom. The van der Waals surface area contributed by atoms with E-state index < -0.39 is 11.9 Å². The molecule has 0 aliphatic heterocycles. The van der Waals surface area contributed by atoms with E-state index in [1.54, 1.807) is 0 Å². The second-order valence-corrected chi connectivity index (χ2v) is 10.4. The highest BCUT2D eigenvalue weighted by Gasteiger charge is 2.10. The van der Waals surface area contributed by atoms with Crippen LogP contribution in [0.25, 0.3) is 0 Å². The van der Waals surface area contributed by atoms with E-state index in [0.717, 1.165) is 75.3 Å². The number of hydrogen-bond acceptors (Lipinski definition) is 7. The number of hydrogen-bond donors (Lipinski definition) is 0. The number of carbonyl (C=O) groups excluding carboxylic acids is 4. The van der Waals surface area contributed by atoms with Gasteiger partial charge in [-0.25, -0.2) is 0 Å². The summed E-state index contributed by atoms with van der Waals surface area (Å²) in [6, 6.07) is 19.3. The lowest BCUT2D eigenvalue weighted by atomic mass is 10.1. The van der Waals surface area contributed by atoms with Crippen LogP contribution in [0.3, 0.4) is 0 Å². The molecule has 0 fully saturated rings. The molecule has 0 saturated heterocycles. The zero-order valence-corrected chi connectivity index (χ0v) is 24.4. The van der Waals surface area contributed by atoms with Crippen LogP contribution in [0.2, 0.25) is 0 Å². The standard InChI is InChI=1S/C34H46O7/c35-31(39-27-29-19-11-9-12-20-29)23-15-5-1-3-7-17-25-33(37)41-34(38)26-18-8-4-2-6-16-24-32(36)40-28-30-21-13-10-14-22-30/h9-14,19-22H,1-8,15-18,23-28H2. The molecule has 0 saturated carbocycles. The first-order valence-corrected chi connectivity index (χ1v) is 15.2. The van der Waals surface area contributed by atoms with Gasteiger partial charge in [0.05, 0.1) is 0 Å². The van der Waals surface area contributed by atoms with Crippen molar-refractivity contribution in [2.24, 2.45) is 0 Å². The number of ether oxygens (including phenoxy) is 3. The molecule has 0 heterocycles. The van der Waals surface area contributed by atoms with Crippen molar-refractivity contribution in [3.05, 3.63) is 71.8 Å². The summed E-state index contributed by atoms with van der Waals surface area (Å²) >= 11 is 0. The van der Waals surface area contributed by atoms with Gasteiger partial charge in [-0.1, -0.05) is 112 Å². The molecular formula is C34H46O7. The summed E-state index contributed by atoms with van der Waals surface area (Å²) < 4.78 is 15.5. The van der Waals surface area contributed by atoms with Crippen molar-refractivity contribution < 1.29 is 33.4 Å². The first-order valence-electron chi connectivity index (χ1n) is 15.2. The quantitative estimate of drug-likeness (QED) is 0.0621. The highest BCUT2D eigenvalue weighted by Crippen LogP contribution is 2.12. The smallest absolute Gasteiger partial charge is 0.313 e. The summed E-state index contributed by atoms with van der Waals surface area (Å²) in [6.45, 7) is 0.630. The van der Waals surface area contributed by atoms with Gasteiger partial charge >= 0.3 is 23.9 Å². The SMILES string of the molecule is O=C(CCCCCCCCC(=O)OC(=O)CCCCCCCCC(=O)OCc1ccccc1)OCc1ccccc1. The van der Waals surface area contributed by atoms with Crippen LogP contribution in [0, 0.1) is 0 Å². The van der Waals surface area contributed by atoms with Gasteiger partial charge in [-0.05, 0) is 36.8 Å². The fourth-order valence-electron chi connectivity index (χ4n) is 4.34. The molecule has 0 aromatic heterocycles. The molecule has 0 atom stereocenters. The normalized spacial score (nSPS) is 10.6. The molecule has 2 aromatic rings. The lowest BCUT2D eigenvalue weighted by Gasteiger charge is -2.06. The first kappa shape index (κ1) is 33.7. The molecule has 0 unspecified atom stereocenters. The molecule has 7 heteroatoms. The monoisotopic (exact) mass is 566 g/mol. The molecule has 41 heavy (non-hydrogen) atoms. The van der Waals surface area contributed by atoms with E-state index in [1.807, 2.05) is 60.7 Å². The van der Waals surface area contributed by atoms with Gasteiger partial charge in [-0.3, -0.25) is 19.2 Å². The van der Waals surface area contributed by atoms with Crippen LogP contribution in [-0.2, 0) is 46.6 Å². The van der Waals surface area contributed by atoms with E-state index in [4.69, 9.17) is 14.2 Å². The first-order chi connectivity index (χ1) is 20.0. The molecule has 0 spiro atoms. The average molecular weight is 567 g/mol. The largest absolute Gasteiger partial charge is 0.461 e. The number of rotatable bonds is 22. The van der Waals surface area contributed by atoms with E-state index in [9.17, 15) is 19.2 Å². The summed E-state index contributed by atoms with van der Waals surface area (Å²) in [5.74, 6) is -1.24. The number of benzene rings is 2. The van der Waals surface area contributed by atoms with Gasteiger partial charge in [0, 0.05) is 25.7 Å². The molecular weight excluding hydrogens is 520 g/mol. The van der Waals surface area contributed by atoms with Gasteiger partial charge in [0.25, 0.3) is 0 Å². The Balaban J connectivity index is 1.32. The Labute approximate surface area is 245 Å². The van der Waals surface area contributed by atoms with Crippen LogP contribution < -0.4 is 0 Å². The second-order valence-electron chi connectivity index (χ2n) is 10.4. The van der Waals surface area contributed by atoms with Crippen LogP contribution in [0.5, 0.6) is 0 Å². The van der Waals surface area contributed by atoms with Crippen molar-refractivity contribution in [2.75, 3.05) is 0 Å². The average Bonchev–Trinajstić information content (AvgIpc) is 2.98. The Kier molecular flexibility index (Phi) is 18.3. The minimum Gasteiger partial charge on any atom is -0.461 e. The second kappa shape index (κ2) is 22.2. The van der Waals surface area contributed by atoms with E-state index in [0.29, 0.717) is 38.9 Å². The maximum absolute atomic E-state index is 11.9. The molecule has 2 aromatic carbocycles. The van der Waals surface area contributed by atoms with Crippen LogP contribution in [0.15, 0.2) is 60.7 Å². The van der Waals surface area contributed by atoms with E-state index in [-0.39, 0.29) is 24.8 Å². The molecule has 0 aliphatic carbocycles. The van der Waals surface area contributed by atoms with Crippen LogP contribution in [-0.4, -0.2) is 23.9 Å². The van der Waals surface area contributed by atoms with Crippen LogP contribution >= 0.6 is 0 Å². The van der Waals surface area contributed by atoms with Crippen LogP contribution in [0.1, 0.15) is 114 Å². The molecule has 0 radical (unpaired) electrons. The molecule has 0 amide bonds. The number of carbonyl (C=O) groups is 4. The molecule has 0 N–H and O–H groups in total. The van der Waals surface area contributed by atoms with Gasteiger partial charge < -0.3 is 14.2 Å². The van der Waals surface area contributed by atoms with E-state index >= 15 is 0 Å². The van der Waals surface area contributed by atoms with Crippen molar-refractivity contribution in [3.8, 4) is 0 Å². The third kappa shape index (κ3) is 18.5. The predicted octanol–water partition coefficient (Wildman–Crippen LogP) is 7.78. The fourth-order valence-corrected chi connectivity index (χ4v) is 4.34. The summed E-state index contributed by atoms with van der Waals surface area (Å²) in [6.07, 6.45) is 12.0. The summed E-state index contributed by atoms with van der Waals surface area (Å²) in [5.41, 5.74) is 1.97. The number of unbranched alkanes of at least 4 members (excludes halogenated alkanes) is 10. The lowest BCUT2D eigenvalue weighted by molar-refractivity contribution is -0.160. The molecule has 0 bridgehead atoms. The van der Waals surface area contributed by atoms with E-state index in [1.165, 1.54) is 0 Å². The van der Waals surface area contributed by atoms with Gasteiger partial charge in [0.1, 0.15) is 13.2 Å². The fraction of sp³-hybridized carbons (Fsp3) is 0.529. The Hall–Kier alpha value is -3.48. The lowest BCUT2D eigenvalue weighted by Crippen LogP contribution is -2.11. The summed E-state index contributed by atoms with van der Waals surface area (Å²) in [5, 5.41) is 0. The highest BCUT2D eigenvalue weighted by molar-refractivity contribution is 5.85. The molecule has 0 aliphatic rings. The number of esters is 4. The zero-order chi connectivity index (χ0) is 29.4. The Morgan fingerprint density at radius 3 is 1.02 bits per heavy atom. The highest BCUT2D eigenvalue weighted by atomic mass is 16.6. The van der Waals surface area contributed by atoms with Gasteiger partial charge in [0.2, 0.25) is 0 Å². The maximum atomic E-state index is 11.9. The molecule has 2 rings (SSSR count). The third-order valence-corrected chi connectivity index (χ3v) is 6.74. The Bertz CT molecular complexity index is 923. The third-order valence-electron chi connectivity index (χ3n) is 6.74. The zero-order valence-electron chi connectivity index (χ0n) is 24.4. The topological polar surface area (TPSA) is 96.0 Å². The van der Waals surface area contributed by atoms with Crippen molar-refractivity contribution in [1.29, 1.82) is 0 Å². The minimum atomic E-state index is -0.449. The molecule has 7 nitrogen and oxygen atoms in total. The Morgan fingerprint density at radius 2 is 0.683 bits per heavy atom. The van der Waals surface area contributed by atoms with Gasteiger partial charge in [-0.15, -0.1) is 0 Å². The van der Waals surface area contributed by atoms with Crippen molar-refractivity contribution in [1.82, 2.24) is 0 Å². The summed E-state index contributed by atoms with van der Waals surface area (Å²) in [4.78, 5) is 47.4. The molecule has 224 valence electrons. The minimum absolute atomic E-state index is 0.171. The van der Waals surface area contributed by atoms with Crippen LogP contribution in [0.4, 0.5) is 0 Å². The van der Waals surface area contributed by atoms with Crippen molar-refractivity contribution in [2.45, 2.75) is 116 Å². The van der Waals surface area contributed by atoms with Crippen molar-refractivity contribution in [3.63, 3.8) is 0 Å². The predicted molar refractivity (Wildman–Crippen MR) is 157 cm³/mol. The maximum Gasteiger partial charge on any atom is 0.313 e. The summed E-state index contributed by atoms with van der Waals surface area (Å²) in [7, 11) is 0. The van der Waals surface area contributed by atoms with Gasteiger partial charge in [0.15, 0.2) is 0 Å². The van der Waals surface area contributed by atoms with Gasteiger partial charge in [-0.2, -0.15) is 0 Å². The van der Waals surface area contributed by atoms with Crippen molar-refractivity contribution >= 4 is 23.9 Å².